The quantitative estimate of drug-likeness (QED) is 0.278. The van der Waals surface area contributed by atoms with Crippen molar-refractivity contribution in [1.29, 1.82) is 0 Å². The molecule has 1 fully saturated rings. The number of nitrogens with zero attached hydrogens (tertiary/aromatic N) is 2. The molecule has 1 N–H and O–H groups in total. The lowest BCUT2D eigenvalue weighted by Crippen LogP contribution is -2.32. The molecule has 0 saturated carbocycles. The molecule has 6 heteroatoms. The van der Waals surface area contributed by atoms with Crippen LogP contribution in [-0.4, -0.2) is 61.4 Å². The molecule has 0 atom stereocenters. The molecular formula is C33H43N3O3. The van der Waals surface area contributed by atoms with Crippen LogP contribution in [0, 0.1) is 6.92 Å². The van der Waals surface area contributed by atoms with Gasteiger partial charge in [-0.2, -0.15) is 0 Å². The molecule has 2 heterocycles. The largest absolute Gasteiger partial charge is 0.379 e. The molecule has 0 radical (unpaired) electrons. The zero-order valence-electron chi connectivity index (χ0n) is 23.9. The lowest BCUT2D eigenvalue weighted by Gasteiger charge is -2.21. The lowest BCUT2D eigenvalue weighted by atomic mass is 10.1. The Labute approximate surface area is 234 Å². The van der Waals surface area contributed by atoms with Gasteiger partial charge in [-0.05, 0) is 43.3 Å². The van der Waals surface area contributed by atoms with Crippen LogP contribution in [0.3, 0.4) is 0 Å². The molecule has 39 heavy (non-hydrogen) atoms. The number of ether oxygens (including phenoxy) is 1. The smallest absolute Gasteiger partial charge is 0.209 e. The number of hydrogen-bond acceptors (Lipinski definition) is 5. The van der Waals surface area contributed by atoms with E-state index in [0.29, 0.717) is 23.5 Å². The van der Waals surface area contributed by atoms with Crippen LogP contribution in [0.2, 0.25) is 0 Å². The van der Waals surface area contributed by atoms with E-state index >= 15 is 0 Å². The van der Waals surface area contributed by atoms with Gasteiger partial charge < -0.3 is 24.3 Å². The molecule has 0 bridgehead atoms. The number of aryl methyl sites for hydroxylation is 1. The molecule has 1 aliphatic rings. The van der Waals surface area contributed by atoms with Crippen molar-refractivity contribution < 1.29 is 14.3 Å². The number of likely N-dealkylation sites (N-methyl/N-ethyl adjacent to an activating group) is 1. The van der Waals surface area contributed by atoms with E-state index in [1.54, 1.807) is 0 Å². The number of rotatable bonds is 9. The van der Waals surface area contributed by atoms with Crippen LogP contribution in [0.4, 0.5) is 0 Å². The fourth-order valence-electron chi connectivity index (χ4n) is 3.69. The van der Waals surface area contributed by atoms with Crippen LogP contribution in [0.1, 0.15) is 53.0 Å². The van der Waals surface area contributed by atoms with Crippen LogP contribution in [-0.2, 0) is 16.1 Å². The van der Waals surface area contributed by atoms with E-state index in [2.05, 4.69) is 37.7 Å². The van der Waals surface area contributed by atoms with Crippen molar-refractivity contribution in [3.63, 3.8) is 0 Å². The van der Waals surface area contributed by atoms with Gasteiger partial charge in [0.15, 0.2) is 0 Å². The van der Waals surface area contributed by atoms with Gasteiger partial charge in [0, 0.05) is 37.1 Å². The molecule has 6 nitrogen and oxygen atoms in total. The summed E-state index contributed by atoms with van der Waals surface area (Å²) in [7, 11) is 2.11. The van der Waals surface area contributed by atoms with E-state index in [9.17, 15) is 9.59 Å². The summed E-state index contributed by atoms with van der Waals surface area (Å²) in [6, 6.07) is 19.3. The molecule has 1 saturated heterocycles. The minimum atomic E-state index is 0.0166. The van der Waals surface area contributed by atoms with Gasteiger partial charge in [-0.15, -0.1) is 0 Å². The van der Waals surface area contributed by atoms with Crippen molar-refractivity contribution in [2.45, 2.75) is 33.7 Å². The first-order valence-electron chi connectivity index (χ1n) is 13.6. The van der Waals surface area contributed by atoms with Gasteiger partial charge in [0.2, 0.25) is 5.78 Å². The summed E-state index contributed by atoms with van der Waals surface area (Å²) < 4.78 is 7.04. The summed E-state index contributed by atoms with van der Waals surface area (Å²) in [5, 5.41) is 2.96. The van der Waals surface area contributed by atoms with Crippen molar-refractivity contribution in [1.82, 2.24) is 14.8 Å². The highest BCUT2D eigenvalue weighted by molar-refractivity contribution is 6.08. The van der Waals surface area contributed by atoms with Crippen LogP contribution in [0.15, 0.2) is 79.5 Å². The van der Waals surface area contributed by atoms with E-state index in [1.807, 2.05) is 90.5 Å². The zero-order valence-corrected chi connectivity index (χ0v) is 23.9. The molecule has 3 aromatic rings. The maximum Gasteiger partial charge on any atom is 0.209 e. The predicted octanol–water partition coefficient (Wildman–Crippen LogP) is 5.86. The van der Waals surface area contributed by atoms with Crippen molar-refractivity contribution in [3.05, 3.63) is 107 Å². The minimum Gasteiger partial charge on any atom is -0.379 e. The van der Waals surface area contributed by atoms with Crippen LogP contribution in [0.25, 0.3) is 11.8 Å². The number of allylic oxidation sites excluding steroid dienone is 1. The fraction of sp³-hybridized carbons (Fsp3) is 0.333. The summed E-state index contributed by atoms with van der Waals surface area (Å²) in [5.41, 5.74) is 5.16. The van der Waals surface area contributed by atoms with Crippen molar-refractivity contribution in [2.24, 2.45) is 0 Å². The summed E-state index contributed by atoms with van der Waals surface area (Å²) in [5.74, 6) is 0.0166. The van der Waals surface area contributed by atoms with Gasteiger partial charge in [-0.25, -0.2) is 0 Å². The molecule has 1 aromatic heterocycles. The normalized spacial score (nSPS) is 13.0. The molecule has 4 rings (SSSR count). The molecule has 208 valence electrons. The number of carbonyl (C=O) groups excluding carboxylic acids is 2. The number of nitrogens with one attached hydrogen (secondary N) is 1. The summed E-state index contributed by atoms with van der Waals surface area (Å²) in [6.45, 7) is 15.1. The Morgan fingerprint density at radius 3 is 2.33 bits per heavy atom. The second kappa shape index (κ2) is 17.7. The minimum absolute atomic E-state index is 0.0166. The Bertz CT molecular complexity index is 1190. The molecular weight excluding hydrogens is 486 g/mol. The second-order valence-electron chi connectivity index (χ2n) is 9.42. The maximum atomic E-state index is 12.8. The Hall–Kier alpha value is -3.74. The Morgan fingerprint density at radius 1 is 1.03 bits per heavy atom. The van der Waals surface area contributed by atoms with Crippen molar-refractivity contribution in [2.75, 3.05) is 39.9 Å². The third kappa shape index (κ3) is 11.3. The highest BCUT2D eigenvalue weighted by atomic mass is 16.5. The molecule has 1 aliphatic heterocycles. The Kier molecular flexibility index (Phi) is 14.3. The van der Waals surface area contributed by atoms with E-state index in [4.69, 9.17) is 4.74 Å². The fourth-order valence-corrected chi connectivity index (χ4v) is 3.69. The topological polar surface area (TPSA) is 63.6 Å². The summed E-state index contributed by atoms with van der Waals surface area (Å²) in [6.07, 6.45) is 8.00. The van der Waals surface area contributed by atoms with Crippen LogP contribution < -0.4 is 5.32 Å². The van der Waals surface area contributed by atoms with Gasteiger partial charge in [0.25, 0.3) is 0 Å². The van der Waals surface area contributed by atoms with E-state index in [-0.39, 0.29) is 12.3 Å². The highest BCUT2D eigenvalue weighted by Gasteiger charge is 2.12. The number of benzene rings is 2. The molecule has 0 aliphatic carbocycles. The van der Waals surface area contributed by atoms with Crippen LogP contribution in [0.5, 0.6) is 0 Å². The maximum absolute atomic E-state index is 12.8. The zero-order chi connectivity index (χ0) is 28.5. The SMILES string of the molecule is C=C(NCC=O)c1cccc(/C=C/Cn2cccc2C(=O)c2ccc(C)cc2)c1.CCC.CN1CCOCC1. The number of carbonyl (C=O) groups is 2. The molecule has 2 aromatic carbocycles. The van der Waals surface area contributed by atoms with Gasteiger partial charge in [-0.1, -0.05) is 87.0 Å². The average molecular weight is 530 g/mol. The number of aldehydes is 1. The monoisotopic (exact) mass is 529 g/mol. The van der Waals surface area contributed by atoms with E-state index in [1.165, 1.54) is 6.42 Å². The van der Waals surface area contributed by atoms with Gasteiger partial charge in [0.05, 0.1) is 25.5 Å². The second-order valence-corrected chi connectivity index (χ2v) is 9.42. The van der Waals surface area contributed by atoms with Gasteiger partial charge in [-0.3, -0.25) is 4.79 Å². The first kappa shape index (κ1) is 31.5. The van der Waals surface area contributed by atoms with Crippen molar-refractivity contribution >= 4 is 23.8 Å². The third-order valence-electron chi connectivity index (χ3n) is 5.86. The number of ketones is 1. The van der Waals surface area contributed by atoms with Crippen molar-refractivity contribution in [3.8, 4) is 0 Å². The summed E-state index contributed by atoms with van der Waals surface area (Å²) >= 11 is 0. The molecule has 0 spiro atoms. The van der Waals surface area contributed by atoms with Crippen LogP contribution >= 0.6 is 0 Å². The first-order valence-corrected chi connectivity index (χ1v) is 13.6. The lowest BCUT2D eigenvalue weighted by molar-refractivity contribution is -0.107. The third-order valence-corrected chi connectivity index (χ3v) is 5.86. The van der Waals surface area contributed by atoms with E-state index < -0.39 is 0 Å². The first-order chi connectivity index (χ1) is 18.9. The average Bonchev–Trinajstić information content (AvgIpc) is 3.42. The predicted molar refractivity (Wildman–Crippen MR) is 162 cm³/mol. The van der Waals surface area contributed by atoms with E-state index in [0.717, 1.165) is 49.3 Å². The highest BCUT2D eigenvalue weighted by Crippen LogP contribution is 2.15. The number of morpholine rings is 1. The summed E-state index contributed by atoms with van der Waals surface area (Å²) in [4.78, 5) is 25.6. The van der Waals surface area contributed by atoms with Gasteiger partial charge >= 0.3 is 0 Å². The standard InChI is InChI=1S/C25H24N2O2.C5H11NO.C3H8/c1-19-10-12-22(13-11-19)25(29)24-9-5-16-27(24)15-4-7-21-6-3-8-23(18-21)20(2)26-14-17-28;1-6-2-4-7-5-3-6;1-3-2/h3-13,16-18,26H,2,14-15H2,1H3;2-5H2,1H3;3H2,1-2H3/b7-4+;;. The number of hydrogen-bond donors (Lipinski definition) is 1. The van der Waals surface area contributed by atoms with Gasteiger partial charge in [0.1, 0.15) is 6.29 Å². The molecule has 0 unspecified atom stereocenters. The number of aromatic nitrogens is 1. The Morgan fingerprint density at radius 2 is 1.72 bits per heavy atom. The molecule has 0 amide bonds. The Balaban J connectivity index is 0.000000450.